The second-order valence-corrected chi connectivity index (χ2v) is 7.17. The van der Waals surface area contributed by atoms with Gasteiger partial charge in [0.15, 0.2) is 0 Å². The number of nitrogens with zero attached hydrogens (tertiary/aromatic N) is 6. The van der Waals surface area contributed by atoms with Gasteiger partial charge in [-0.15, -0.1) is 5.10 Å². The highest BCUT2D eigenvalue weighted by molar-refractivity contribution is 9.10. The number of likely N-dealkylation sites (N-methyl/N-ethyl adjacent to an activating group) is 1. The normalized spacial score (nSPS) is 11.5. The summed E-state index contributed by atoms with van der Waals surface area (Å²) < 4.78 is 8.31. The molecule has 0 aliphatic carbocycles. The first kappa shape index (κ1) is 16.9. The van der Waals surface area contributed by atoms with Crippen LogP contribution in [0.15, 0.2) is 51.5 Å². The Labute approximate surface area is 158 Å². The number of fused-ring (bicyclic) bond motifs is 1. The van der Waals surface area contributed by atoms with Crippen LogP contribution in [0.5, 0.6) is 0 Å². The molecule has 0 fully saturated rings. The molecule has 0 aliphatic rings. The van der Waals surface area contributed by atoms with Gasteiger partial charge >= 0.3 is 0 Å². The third kappa shape index (κ3) is 3.38. The summed E-state index contributed by atoms with van der Waals surface area (Å²) in [7, 11) is 4.08. The molecule has 7 nitrogen and oxygen atoms in total. The zero-order valence-electron chi connectivity index (χ0n) is 14.4. The van der Waals surface area contributed by atoms with Crippen LogP contribution in [0.3, 0.4) is 0 Å². The van der Waals surface area contributed by atoms with Crippen LogP contribution in [0.25, 0.3) is 33.9 Å². The third-order valence-electron chi connectivity index (χ3n) is 4.05. The number of hydrogen-bond acceptors (Lipinski definition) is 6. The van der Waals surface area contributed by atoms with Crippen molar-refractivity contribution in [1.29, 1.82) is 0 Å². The molecule has 2 heterocycles. The van der Waals surface area contributed by atoms with E-state index in [0.29, 0.717) is 11.7 Å². The molecule has 132 valence electrons. The zero-order valence-corrected chi connectivity index (χ0v) is 16.0. The van der Waals surface area contributed by atoms with E-state index in [2.05, 4.69) is 41.3 Å². The standard InChI is InChI=1S/C18H17BrN6O/c1-24(2)9-10-25-16-8-5-13(11-15(16)21-23-25)17-20-18(26-22-17)12-3-6-14(19)7-4-12/h3-8,11H,9-10H2,1-2H3. The lowest BCUT2D eigenvalue weighted by Gasteiger charge is -2.09. The van der Waals surface area contributed by atoms with Gasteiger partial charge in [0.25, 0.3) is 5.89 Å². The summed E-state index contributed by atoms with van der Waals surface area (Å²) in [5.74, 6) is 1.02. The van der Waals surface area contributed by atoms with Gasteiger partial charge in [-0.3, -0.25) is 0 Å². The van der Waals surface area contributed by atoms with Crippen LogP contribution in [0, 0.1) is 0 Å². The molecule has 0 unspecified atom stereocenters. The maximum atomic E-state index is 5.40. The van der Waals surface area contributed by atoms with Gasteiger partial charge in [0, 0.05) is 22.1 Å². The molecule has 0 aliphatic heterocycles. The second kappa shape index (κ2) is 6.97. The molecule has 0 saturated carbocycles. The third-order valence-corrected chi connectivity index (χ3v) is 4.58. The Morgan fingerprint density at radius 1 is 1.08 bits per heavy atom. The largest absolute Gasteiger partial charge is 0.334 e. The topological polar surface area (TPSA) is 72.9 Å². The predicted molar refractivity (Wildman–Crippen MR) is 103 cm³/mol. The number of benzene rings is 2. The van der Waals surface area contributed by atoms with Crippen LogP contribution in [0.2, 0.25) is 0 Å². The maximum Gasteiger partial charge on any atom is 0.258 e. The van der Waals surface area contributed by atoms with E-state index in [9.17, 15) is 0 Å². The van der Waals surface area contributed by atoms with Crippen molar-refractivity contribution in [2.75, 3.05) is 20.6 Å². The summed E-state index contributed by atoms with van der Waals surface area (Å²) in [5, 5.41) is 12.6. The molecule has 2 aromatic heterocycles. The fourth-order valence-electron chi connectivity index (χ4n) is 2.62. The summed E-state index contributed by atoms with van der Waals surface area (Å²) in [6.45, 7) is 1.69. The Hall–Kier alpha value is -2.58. The Balaban J connectivity index is 1.62. The van der Waals surface area contributed by atoms with Crippen molar-refractivity contribution in [2.24, 2.45) is 0 Å². The van der Waals surface area contributed by atoms with Crippen molar-refractivity contribution in [1.82, 2.24) is 30.0 Å². The van der Waals surface area contributed by atoms with Crippen molar-refractivity contribution in [2.45, 2.75) is 6.54 Å². The summed E-state index contributed by atoms with van der Waals surface area (Å²) >= 11 is 3.42. The van der Waals surface area contributed by atoms with Crippen molar-refractivity contribution in [3.05, 3.63) is 46.9 Å². The smallest absolute Gasteiger partial charge is 0.258 e. The summed E-state index contributed by atoms with van der Waals surface area (Å²) in [5.41, 5.74) is 3.54. The van der Waals surface area contributed by atoms with E-state index in [-0.39, 0.29) is 0 Å². The number of aromatic nitrogens is 5. The van der Waals surface area contributed by atoms with Crippen molar-refractivity contribution in [3.8, 4) is 22.8 Å². The van der Waals surface area contributed by atoms with E-state index in [1.807, 2.05) is 61.2 Å². The van der Waals surface area contributed by atoms with E-state index >= 15 is 0 Å². The van der Waals surface area contributed by atoms with Crippen molar-refractivity contribution in [3.63, 3.8) is 0 Å². The predicted octanol–water partition coefficient (Wildman–Crippen LogP) is 3.47. The van der Waals surface area contributed by atoms with E-state index in [1.54, 1.807) is 0 Å². The molecule has 4 aromatic rings. The molecular weight excluding hydrogens is 396 g/mol. The minimum Gasteiger partial charge on any atom is -0.334 e. The van der Waals surface area contributed by atoms with Crippen LogP contribution in [-0.2, 0) is 6.54 Å². The average Bonchev–Trinajstić information content (AvgIpc) is 3.27. The van der Waals surface area contributed by atoms with Gasteiger partial charge in [-0.2, -0.15) is 4.98 Å². The van der Waals surface area contributed by atoms with E-state index in [0.717, 1.165) is 39.7 Å². The summed E-state index contributed by atoms with van der Waals surface area (Å²) in [4.78, 5) is 6.61. The van der Waals surface area contributed by atoms with Gasteiger partial charge in [0.2, 0.25) is 5.82 Å². The first-order valence-electron chi connectivity index (χ1n) is 8.18. The maximum absolute atomic E-state index is 5.40. The lowest BCUT2D eigenvalue weighted by molar-refractivity contribution is 0.374. The minimum atomic E-state index is 0.488. The van der Waals surface area contributed by atoms with Crippen LogP contribution in [0.4, 0.5) is 0 Å². The fraction of sp³-hybridized carbons (Fsp3) is 0.222. The van der Waals surface area contributed by atoms with Gasteiger partial charge in [-0.1, -0.05) is 26.3 Å². The fourth-order valence-corrected chi connectivity index (χ4v) is 2.89. The molecule has 0 spiro atoms. The molecule has 0 N–H and O–H groups in total. The van der Waals surface area contributed by atoms with Crippen LogP contribution in [0.1, 0.15) is 0 Å². The van der Waals surface area contributed by atoms with Crippen molar-refractivity contribution < 1.29 is 4.52 Å². The minimum absolute atomic E-state index is 0.488. The highest BCUT2D eigenvalue weighted by atomic mass is 79.9. The molecule has 0 atom stereocenters. The molecule has 26 heavy (non-hydrogen) atoms. The highest BCUT2D eigenvalue weighted by Crippen LogP contribution is 2.25. The molecule has 8 heteroatoms. The van der Waals surface area contributed by atoms with Gasteiger partial charge < -0.3 is 9.42 Å². The number of rotatable bonds is 5. The molecule has 4 rings (SSSR count). The van der Waals surface area contributed by atoms with Crippen LogP contribution in [-0.4, -0.2) is 50.7 Å². The first-order chi connectivity index (χ1) is 12.6. The molecule has 0 radical (unpaired) electrons. The summed E-state index contributed by atoms with van der Waals surface area (Å²) in [6.07, 6.45) is 0. The SMILES string of the molecule is CN(C)CCn1nnc2cc(-c3noc(-c4ccc(Br)cc4)n3)ccc21. The number of halogens is 1. The van der Waals surface area contributed by atoms with E-state index in [4.69, 9.17) is 4.52 Å². The molecule has 0 bridgehead atoms. The molecule has 2 aromatic carbocycles. The van der Waals surface area contributed by atoms with Gasteiger partial charge in [-0.05, 0) is 56.6 Å². The second-order valence-electron chi connectivity index (χ2n) is 6.25. The highest BCUT2D eigenvalue weighted by Gasteiger charge is 2.13. The first-order valence-corrected chi connectivity index (χ1v) is 8.97. The zero-order chi connectivity index (χ0) is 18.1. The Morgan fingerprint density at radius 2 is 1.85 bits per heavy atom. The Kier molecular flexibility index (Phi) is 4.52. The molecule has 0 amide bonds. The Morgan fingerprint density at radius 3 is 2.62 bits per heavy atom. The van der Waals surface area contributed by atoms with E-state index in [1.165, 1.54) is 0 Å². The van der Waals surface area contributed by atoms with Crippen LogP contribution < -0.4 is 0 Å². The monoisotopic (exact) mass is 412 g/mol. The van der Waals surface area contributed by atoms with Crippen LogP contribution >= 0.6 is 15.9 Å². The lowest BCUT2D eigenvalue weighted by atomic mass is 10.2. The molecule has 0 saturated heterocycles. The molecular formula is C18H17BrN6O. The van der Waals surface area contributed by atoms with E-state index < -0.39 is 0 Å². The summed E-state index contributed by atoms with van der Waals surface area (Å²) in [6, 6.07) is 13.6. The van der Waals surface area contributed by atoms with Gasteiger partial charge in [0.05, 0.1) is 12.1 Å². The quantitative estimate of drug-likeness (QED) is 0.499. The number of hydrogen-bond donors (Lipinski definition) is 0. The average molecular weight is 413 g/mol. The Bertz CT molecular complexity index is 1040. The van der Waals surface area contributed by atoms with Crippen molar-refractivity contribution >= 4 is 27.0 Å². The van der Waals surface area contributed by atoms with Gasteiger partial charge in [0.1, 0.15) is 5.52 Å². The lowest BCUT2D eigenvalue weighted by Crippen LogP contribution is -2.18. The van der Waals surface area contributed by atoms with Gasteiger partial charge in [-0.25, -0.2) is 4.68 Å².